The number of methoxy groups -OCH3 is 1. The Morgan fingerprint density at radius 3 is 2.74 bits per heavy atom. The zero-order valence-electron chi connectivity index (χ0n) is 12.5. The summed E-state index contributed by atoms with van der Waals surface area (Å²) < 4.78 is 5.48. The second-order valence-corrected chi connectivity index (χ2v) is 5.78. The summed E-state index contributed by atoms with van der Waals surface area (Å²) in [7, 11) is 1.75. The van der Waals surface area contributed by atoms with Gasteiger partial charge < -0.3 is 10.1 Å². The smallest absolute Gasteiger partial charge is 0.123 e. The third-order valence-electron chi connectivity index (χ3n) is 4.59. The first kappa shape index (κ1) is 14.4. The molecule has 3 unspecified atom stereocenters. The van der Waals surface area contributed by atoms with Crippen molar-refractivity contribution in [2.24, 2.45) is 11.8 Å². The van der Waals surface area contributed by atoms with E-state index in [1.165, 1.54) is 24.8 Å². The van der Waals surface area contributed by atoms with Crippen molar-refractivity contribution in [2.45, 2.75) is 45.6 Å². The molecule has 1 fully saturated rings. The summed E-state index contributed by atoms with van der Waals surface area (Å²) in [6.07, 6.45) is 5.29. The van der Waals surface area contributed by atoms with E-state index in [4.69, 9.17) is 4.74 Å². The van der Waals surface area contributed by atoms with E-state index < -0.39 is 0 Å². The van der Waals surface area contributed by atoms with Gasteiger partial charge in [-0.05, 0) is 37.3 Å². The van der Waals surface area contributed by atoms with Crippen LogP contribution in [0.1, 0.15) is 51.1 Å². The molecular formula is C17H27NO. The lowest BCUT2D eigenvalue weighted by Gasteiger charge is -2.23. The maximum Gasteiger partial charge on any atom is 0.123 e. The van der Waals surface area contributed by atoms with Crippen LogP contribution in [-0.4, -0.2) is 13.7 Å². The van der Waals surface area contributed by atoms with E-state index in [1.807, 2.05) is 6.07 Å². The minimum atomic E-state index is 0.406. The van der Waals surface area contributed by atoms with Crippen molar-refractivity contribution in [3.8, 4) is 5.75 Å². The van der Waals surface area contributed by atoms with Crippen LogP contribution in [0.25, 0.3) is 0 Å². The van der Waals surface area contributed by atoms with E-state index in [0.29, 0.717) is 6.04 Å². The zero-order valence-corrected chi connectivity index (χ0v) is 12.5. The van der Waals surface area contributed by atoms with Gasteiger partial charge in [0.25, 0.3) is 0 Å². The van der Waals surface area contributed by atoms with Crippen molar-refractivity contribution in [1.29, 1.82) is 0 Å². The van der Waals surface area contributed by atoms with Crippen LogP contribution in [0.3, 0.4) is 0 Å². The van der Waals surface area contributed by atoms with Gasteiger partial charge in [0, 0.05) is 11.6 Å². The molecule has 19 heavy (non-hydrogen) atoms. The fourth-order valence-corrected chi connectivity index (χ4v) is 3.25. The number of nitrogens with one attached hydrogen (secondary N) is 1. The van der Waals surface area contributed by atoms with Crippen LogP contribution in [0.4, 0.5) is 0 Å². The summed E-state index contributed by atoms with van der Waals surface area (Å²) in [4.78, 5) is 0. The maximum absolute atomic E-state index is 5.48. The molecule has 0 heterocycles. The van der Waals surface area contributed by atoms with Crippen LogP contribution < -0.4 is 10.1 Å². The van der Waals surface area contributed by atoms with Crippen molar-refractivity contribution in [3.05, 3.63) is 29.8 Å². The van der Waals surface area contributed by atoms with Gasteiger partial charge in [-0.1, -0.05) is 44.9 Å². The molecule has 0 bridgehead atoms. The Morgan fingerprint density at radius 2 is 2.11 bits per heavy atom. The molecule has 1 aliphatic rings. The Morgan fingerprint density at radius 1 is 1.32 bits per heavy atom. The fourth-order valence-electron chi connectivity index (χ4n) is 3.25. The van der Waals surface area contributed by atoms with Gasteiger partial charge in [0.05, 0.1) is 7.11 Å². The average molecular weight is 261 g/mol. The molecule has 2 nitrogen and oxygen atoms in total. The van der Waals surface area contributed by atoms with Gasteiger partial charge in [-0.15, -0.1) is 0 Å². The standard InChI is InChI=1S/C17H27NO/c1-4-16(15-10-5-6-11-17(15)19-3)18-12-14-9-7-8-13(14)2/h5-6,10-11,13-14,16,18H,4,7-9,12H2,1-3H3. The molecule has 1 aliphatic carbocycles. The monoisotopic (exact) mass is 261 g/mol. The maximum atomic E-state index is 5.48. The number of hydrogen-bond donors (Lipinski definition) is 1. The molecule has 1 aromatic rings. The number of hydrogen-bond acceptors (Lipinski definition) is 2. The topological polar surface area (TPSA) is 21.3 Å². The predicted octanol–water partition coefficient (Wildman–Crippen LogP) is 4.17. The Bertz CT molecular complexity index is 391. The van der Waals surface area contributed by atoms with E-state index in [9.17, 15) is 0 Å². The van der Waals surface area contributed by atoms with Crippen LogP contribution in [-0.2, 0) is 0 Å². The van der Waals surface area contributed by atoms with Crippen LogP contribution in [0, 0.1) is 11.8 Å². The lowest BCUT2D eigenvalue weighted by Crippen LogP contribution is -2.28. The molecule has 1 N–H and O–H groups in total. The van der Waals surface area contributed by atoms with Crippen molar-refractivity contribution in [3.63, 3.8) is 0 Å². The lowest BCUT2D eigenvalue weighted by molar-refractivity contribution is 0.355. The summed E-state index contributed by atoms with van der Waals surface area (Å²) in [6.45, 7) is 5.77. The lowest BCUT2D eigenvalue weighted by atomic mass is 9.96. The van der Waals surface area contributed by atoms with Gasteiger partial charge in [-0.25, -0.2) is 0 Å². The highest BCUT2D eigenvalue weighted by molar-refractivity contribution is 5.35. The SMILES string of the molecule is CCC(NCC1CCCC1C)c1ccccc1OC. The van der Waals surface area contributed by atoms with E-state index in [1.54, 1.807) is 7.11 Å². The van der Waals surface area contributed by atoms with Gasteiger partial charge >= 0.3 is 0 Å². The second kappa shape index (κ2) is 6.95. The molecule has 0 spiro atoms. The molecule has 1 aromatic carbocycles. The third-order valence-corrected chi connectivity index (χ3v) is 4.59. The highest BCUT2D eigenvalue weighted by atomic mass is 16.5. The Kier molecular flexibility index (Phi) is 5.26. The van der Waals surface area contributed by atoms with Crippen molar-refractivity contribution in [1.82, 2.24) is 5.32 Å². The molecule has 1 saturated carbocycles. The van der Waals surface area contributed by atoms with Crippen LogP contribution in [0.15, 0.2) is 24.3 Å². The molecular weight excluding hydrogens is 234 g/mol. The number of para-hydroxylation sites is 1. The molecule has 3 atom stereocenters. The van der Waals surface area contributed by atoms with Crippen molar-refractivity contribution < 1.29 is 4.74 Å². The van der Waals surface area contributed by atoms with Crippen LogP contribution in [0.5, 0.6) is 5.75 Å². The number of ether oxygens (including phenoxy) is 1. The summed E-state index contributed by atoms with van der Waals surface area (Å²) in [5, 5.41) is 3.75. The molecule has 0 amide bonds. The third kappa shape index (κ3) is 3.50. The molecule has 106 valence electrons. The summed E-state index contributed by atoms with van der Waals surface area (Å²) in [5.74, 6) is 2.73. The van der Waals surface area contributed by atoms with E-state index in [2.05, 4.69) is 37.4 Å². The normalized spacial score (nSPS) is 24.4. The van der Waals surface area contributed by atoms with Gasteiger partial charge in [0.15, 0.2) is 0 Å². The van der Waals surface area contributed by atoms with Crippen LogP contribution >= 0.6 is 0 Å². The fraction of sp³-hybridized carbons (Fsp3) is 0.647. The van der Waals surface area contributed by atoms with E-state index >= 15 is 0 Å². The average Bonchev–Trinajstić information content (AvgIpc) is 2.85. The highest BCUT2D eigenvalue weighted by Gasteiger charge is 2.24. The Hall–Kier alpha value is -1.02. The van der Waals surface area contributed by atoms with Crippen LogP contribution in [0.2, 0.25) is 0 Å². The Labute approximate surface area is 117 Å². The zero-order chi connectivity index (χ0) is 13.7. The van der Waals surface area contributed by atoms with Crippen molar-refractivity contribution >= 4 is 0 Å². The molecule has 0 aromatic heterocycles. The first-order chi connectivity index (χ1) is 9.26. The predicted molar refractivity (Wildman–Crippen MR) is 80.5 cm³/mol. The molecule has 2 rings (SSSR count). The second-order valence-electron chi connectivity index (χ2n) is 5.78. The first-order valence-corrected chi connectivity index (χ1v) is 7.62. The van der Waals surface area contributed by atoms with Gasteiger partial charge in [0.2, 0.25) is 0 Å². The molecule has 0 radical (unpaired) electrons. The van der Waals surface area contributed by atoms with Gasteiger partial charge in [0.1, 0.15) is 5.75 Å². The first-order valence-electron chi connectivity index (χ1n) is 7.62. The van der Waals surface area contributed by atoms with Gasteiger partial charge in [-0.2, -0.15) is 0 Å². The highest BCUT2D eigenvalue weighted by Crippen LogP contribution is 2.32. The van der Waals surface area contributed by atoms with E-state index in [-0.39, 0.29) is 0 Å². The molecule has 2 heteroatoms. The minimum absolute atomic E-state index is 0.406. The summed E-state index contributed by atoms with van der Waals surface area (Å²) >= 11 is 0. The molecule has 0 saturated heterocycles. The molecule has 0 aliphatic heterocycles. The van der Waals surface area contributed by atoms with Crippen molar-refractivity contribution in [2.75, 3.05) is 13.7 Å². The van der Waals surface area contributed by atoms with Gasteiger partial charge in [-0.3, -0.25) is 0 Å². The van der Waals surface area contributed by atoms with E-state index in [0.717, 1.165) is 30.6 Å². The minimum Gasteiger partial charge on any atom is -0.496 e. The Balaban J connectivity index is 1.99. The number of benzene rings is 1. The summed E-state index contributed by atoms with van der Waals surface area (Å²) in [6, 6.07) is 8.77. The largest absolute Gasteiger partial charge is 0.496 e. The number of rotatable bonds is 6. The quantitative estimate of drug-likeness (QED) is 0.829. The summed E-state index contributed by atoms with van der Waals surface area (Å²) in [5.41, 5.74) is 1.29.